The van der Waals surface area contributed by atoms with Crippen LogP contribution in [0.15, 0.2) is 30.5 Å². The number of carbonyl (C=O) groups excluding carboxylic acids is 2. The number of hydrogen-bond donors (Lipinski definition) is 4. The number of amides is 2. The van der Waals surface area contributed by atoms with Crippen LogP contribution in [-0.4, -0.2) is 60.2 Å². The lowest BCUT2D eigenvalue weighted by molar-refractivity contribution is 0.103. The third kappa shape index (κ3) is 7.50. The molecule has 0 spiro atoms. The molecule has 0 unspecified atom stereocenters. The molecule has 2 amide bonds. The number of anilines is 4. The number of halogens is 1. The Hall–Kier alpha value is -3.48. The molecular weight excluding hydrogens is 492 g/mol. The Balaban J connectivity index is 0.000000623. The van der Waals surface area contributed by atoms with Crippen molar-refractivity contribution in [1.29, 1.82) is 0 Å². The molecule has 11 nitrogen and oxygen atoms in total. The molecule has 186 valence electrons. The van der Waals surface area contributed by atoms with Crippen molar-refractivity contribution in [2.24, 2.45) is 5.73 Å². The number of benzene rings is 1. The van der Waals surface area contributed by atoms with E-state index in [1.165, 1.54) is 18.4 Å². The van der Waals surface area contributed by atoms with Crippen LogP contribution in [0.5, 0.6) is 0 Å². The van der Waals surface area contributed by atoms with Crippen molar-refractivity contribution in [2.45, 2.75) is 13.8 Å². The zero-order valence-corrected chi connectivity index (χ0v) is 21.2. The summed E-state index contributed by atoms with van der Waals surface area (Å²) in [6, 6.07) is 7.40. The minimum atomic E-state index is -0.745. The number of thiazole rings is 1. The lowest BCUT2D eigenvalue weighted by atomic mass is 10.2. The number of nitrogens with one attached hydrogen (secondary N) is 3. The standard InChI is InChI=1S/C20H22ClN7OS.C2H5NO2/c1-12-4-3-5-14(21)18(12)27-19(29)15-11-23-20(30-15)26-16-10-17(25-13(2)24-16)28-8-6-22-7-9-28;1-5-2(3)4/h3-5,10-11,22H,6-9H2,1-2H3,(H,27,29)(H,23,24,25,26);1H3,(H2,3,4). The van der Waals surface area contributed by atoms with Crippen LogP contribution < -0.4 is 26.6 Å². The first-order chi connectivity index (χ1) is 16.8. The molecule has 1 saturated heterocycles. The van der Waals surface area contributed by atoms with Gasteiger partial charge in [0.1, 0.15) is 22.3 Å². The lowest BCUT2D eigenvalue weighted by Crippen LogP contribution is -2.44. The van der Waals surface area contributed by atoms with E-state index in [2.05, 4.69) is 46.3 Å². The maximum atomic E-state index is 12.6. The van der Waals surface area contributed by atoms with Crippen molar-refractivity contribution < 1.29 is 14.3 Å². The van der Waals surface area contributed by atoms with E-state index in [1.54, 1.807) is 12.3 Å². The minimum Gasteiger partial charge on any atom is -0.453 e. The molecule has 4 rings (SSSR count). The van der Waals surface area contributed by atoms with Gasteiger partial charge in [-0.2, -0.15) is 0 Å². The molecule has 1 aliphatic rings. The number of para-hydroxylation sites is 1. The summed E-state index contributed by atoms with van der Waals surface area (Å²) in [7, 11) is 1.22. The average molecular weight is 519 g/mol. The monoisotopic (exact) mass is 518 g/mol. The Bertz CT molecular complexity index is 1160. The first-order valence-corrected chi connectivity index (χ1v) is 11.9. The predicted molar refractivity (Wildman–Crippen MR) is 138 cm³/mol. The smallest absolute Gasteiger partial charge is 0.404 e. The molecule has 0 bridgehead atoms. The van der Waals surface area contributed by atoms with Crippen molar-refractivity contribution in [1.82, 2.24) is 20.3 Å². The van der Waals surface area contributed by atoms with Gasteiger partial charge in [-0.25, -0.2) is 19.7 Å². The van der Waals surface area contributed by atoms with Crippen LogP contribution in [0, 0.1) is 13.8 Å². The van der Waals surface area contributed by atoms with E-state index < -0.39 is 6.09 Å². The number of rotatable bonds is 5. The second kappa shape index (κ2) is 12.3. The molecule has 3 aromatic rings. The highest BCUT2D eigenvalue weighted by Gasteiger charge is 2.16. The predicted octanol–water partition coefficient (Wildman–Crippen LogP) is 3.32. The molecule has 1 aliphatic heterocycles. The van der Waals surface area contributed by atoms with Crippen molar-refractivity contribution in [2.75, 3.05) is 48.8 Å². The van der Waals surface area contributed by atoms with E-state index in [4.69, 9.17) is 11.6 Å². The van der Waals surface area contributed by atoms with Gasteiger partial charge < -0.3 is 31.3 Å². The van der Waals surface area contributed by atoms with E-state index in [1.807, 2.05) is 32.0 Å². The van der Waals surface area contributed by atoms with E-state index in [-0.39, 0.29) is 5.91 Å². The van der Waals surface area contributed by atoms with Gasteiger partial charge in [0.05, 0.1) is 24.0 Å². The number of ether oxygens (including phenoxy) is 1. The summed E-state index contributed by atoms with van der Waals surface area (Å²) in [6.07, 6.45) is 0.796. The number of nitrogens with two attached hydrogens (primary N) is 1. The highest BCUT2D eigenvalue weighted by atomic mass is 35.5. The molecule has 3 heterocycles. The largest absolute Gasteiger partial charge is 0.453 e. The first-order valence-electron chi connectivity index (χ1n) is 10.7. The van der Waals surface area contributed by atoms with Gasteiger partial charge in [0, 0.05) is 32.2 Å². The van der Waals surface area contributed by atoms with Crippen LogP contribution in [-0.2, 0) is 4.74 Å². The molecule has 1 aromatic carbocycles. The molecular formula is C22H27ClN8O3S. The molecule has 13 heteroatoms. The number of hydrogen-bond acceptors (Lipinski definition) is 10. The van der Waals surface area contributed by atoms with E-state index in [0.29, 0.717) is 32.4 Å². The lowest BCUT2D eigenvalue weighted by Gasteiger charge is -2.28. The third-order valence-corrected chi connectivity index (χ3v) is 6.12. The second-order valence-electron chi connectivity index (χ2n) is 7.46. The van der Waals surface area contributed by atoms with Gasteiger partial charge >= 0.3 is 6.09 Å². The normalized spacial score (nSPS) is 12.9. The van der Waals surface area contributed by atoms with Crippen molar-refractivity contribution in [3.63, 3.8) is 0 Å². The minimum absolute atomic E-state index is 0.253. The van der Waals surface area contributed by atoms with Gasteiger partial charge in [-0.1, -0.05) is 35.1 Å². The number of nitrogens with zero attached hydrogens (tertiary/aromatic N) is 4. The van der Waals surface area contributed by atoms with Gasteiger partial charge in [0.15, 0.2) is 5.13 Å². The summed E-state index contributed by atoms with van der Waals surface area (Å²) in [5, 5.41) is 10.5. The summed E-state index contributed by atoms with van der Waals surface area (Å²) >= 11 is 7.46. The van der Waals surface area contributed by atoms with Crippen molar-refractivity contribution in [3.8, 4) is 0 Å². The molecule has 35 heavy (non-hydrogen) atoms. The number of primary amides is 1. The zero-order valence-electron chi connectivity index (χ0n) is 19.6. The number of carbonyl (C=O) groups is 2. The molecule has 5 N–H and O–H groups in total. The molecule has 0 saturated carbocycles. The molecule has 2 aromatic heterocycles. The van der Waals surface area contributed by atoms with Crippen LogP contribution in [0.1, 0.15) is 21.1 Å². The molecule has 0 atom stereocenters. The van der Waals surface area contributed by atoms with E-state index >= 15 is 0 Å². The van der Waals surface area contributed by atoms with Gasteiger partial charge in [-0.05, 0) is 25.5 Å². The summed E-state index contributed by atoms with van der Waals surface area (Å²) in [5.74, 6) is 1.96. The van der Waals surface area contributed by atoms with Crippen LogP contribution in [0.2, 0.25) is 5.02 Å². The Labute approximate surface area is 212 Å². The first kappa shape index (κ1) is 26.1. The SMILES string of the molecule is COC(N)=O.Cc1nc(Nc2ncc(C(=O)Nc3c(C)cccc3Cl)s2)cc(N2CCNCC2)n1. The molecule has 1 fully saturated rings. The zero-order chi connectivity index (χ0) is 25.4. The Kier molecular flexibility index (Phi) is 9.18. The highest BCUT2D eigenvalue weighted by molar-refractivity contribution is 7.17. The maximum absolute atomic E-state index is 12.6. The Morgan fingerprint density at radius 3 is 2.60 bits per heavy atom. The van der Waals surface area contributed by atoms with E-state index in [9.17, 15) is 9.59 Å². The summed E-state index contributed by atoms with van der Waals surface area (Å²) in [4.78, 5) is 38.0. The van der Waals surface area contributed by atoms with Gasteiger partial charge in [-0.15, -0.1) is 0 Å². The van der Waals surface area contributed by atoms with Crippen molar-refractivity contribution >= 4 is 57.4 Å². The molecule has 0 radical (unpaired) electrons. The fourth-order valence-electron chi connectivity index (χ4n) is 3.18. The van der Waals surface area contributed by atoms with Crippen LogP contribution in [0.4, 0.5) is 27.2 Å². The van der Waals surface area contributed by atoms with Gasteiger partial charge in [-0.3, -0.25) is 4.79 Å². The summed E-state index contributed by atoms with van der Waals surface area (Å²) in [6.45, 7) is 7.43. The fourth-order valence-corrected chi connectivity index (χ4v) is 4.17. The van der Waals surface area contributed by atoms with Crippen molar-refractivity contribution in [3.05, 3.63) is 51.7 Å². The number of piperazine rings is 1. The van der Waals surface area contributed by atoms with Crippen LogP contribution in [0.25, 0.3) is 0 Å². The van der Waals surface area contributed by atoms with Crippen LogP contribution >= 0.6 is 22.9 Å². The highest BCUT2D eigenvalue weighted by Crippen LogP contribution is 2.28. The number of aryl methyl sites for hydroxylation is 2. The Morgan fingerprint density at radius 2 is 1.94 bits per heavy atom. The number of methoxy groups -OCH3 is 1. The summed E-state index contributed by atoms with van der Waals surface area (Å²) < 4.78 is 3.89. The second-order valence-corrected chi connectivity index (χ2v) is 8.90. The summed E-state index contributed by atoms with van der Waals surface area (Å²) in [5.41, 5.74) is 5.94. The van der Waals surface area contributed by atoms with Gasteiger partial charge in [0.25, 0.3) is 5.91 Å². The topological polar surface area (TPSA) is 147 Å². The van der Waals surface area contributed by atoms with Crippen LogP contribution in [0.3, 0.4) is 0 Å². The fraction of sp³-hybridized carbons (Fsp3) is 0.318. The quantitative estimate of drug-likeness (QED) is 0.399. The maximum Gasteiger partial charge on any atom is 0.404 e. The van der Waals surface area contributed by atoms with Gasteiger partial charge in [0.2, 0.25) is 0 Å². The number of aromatic nitrogens is 3. The van der Waals surface area contributed by atoms with E-state index in [0.717, 1.165) is 37.6 Å². The Morgan fingerprint density at radius 1 is 1.23 bits per heavy atom. The third-order valence-electron chi connectivity index (χ3n) is 4.89. The molecule has 0 aliphatic carbocycles. The average Bonchev–Trinajstić information content (AvgIpc) is 3.30.